The molecule has 2 N–H and O–H groups in total. The van der Waals surface area contributed by atoms with E-state index >= 15 is 0 Å². The van der Waals surface area contributed by atoms with E-state index in [1.807, 2.05) is 43.4 Å². The van der Waals surface area contributed by atoms with Crippen molar-refractivity contribution in [3.8, 4) is 0 Å². The highest BCUT2D eigenvalue weighted by Crippen LogP contribution is 2.32. The van der Waals surface area contributed by atoms with Crippen LogP contribution in [0.3, 0.4) is 0 Å². The van der Waals surface area contributed by atoms with E-state index in [0.717, 1.165) is 19.0 Å². The maximum Gasteiger partial charge on any atom is 0.410 e. The number of piperidine rings is 1. The van der Waals surface area contributed by atoms with Crippen LogP contribution in [0.15, 0.2) is 19.0 Å². The zero-order valence-electron chi connectivity index (χ0n) is 14.8. The Balaban J connectivity index is 2.19. The van der Waals surface area contributed by atoms with E-state index in [4.69, 9.17) is 10.6 Å². The Kier molecular flexibility index (Phi) is 6.26. The molecule has 0 saturated carbocycles. The lowest BCUT2D eigenvalue weighted by Crippen LogP contribution is -2.53. The van der Waals surface area contributed by atoms with E-state index in [9.17, 15) is 9.18 Å². The lowest BCUT2D eigenvalue weighted by Gasteiger charge is -2.39. The van der Waals surface area contributed by atoms with E-state index in [0.29, 0.717) is 22.2 Å². The maximum absolute atomic E-state index is 14.4. The molecule has 1 aliphatic rings. The number of amides is 1. The molecule has 1 amide bonds. The van der Waals surface area contributed by atoms with Gasteiger partial charge in [-0.2, -0.15) is 0 Å². The molecule has 1 saturated heterocycles. The molecule has 6 nitrogen and oxygen atoms in total. The zero-order chi connectivity index (χ0) is 18.8. The lowest BCUT2D eigenvalue weighted by molar-refractivity contribution is 0.0198. The molecule has 1 aliphatic heterocycles. The van der Waals surface area contributed by atoms with Crippen LogP contribution in [0.5, 0.6) is 0 Å². The van der Waals surface area contributed by atoms with Crippen LogP contribution in [0.2, 0.25) is 0 Å². The second-order valence-corrected chi connectivity index (χ2v) is 8.35. The van der Waals surface area contributed by atoms with E-state index in [2.05, 4.69) is 11.6 Å². The Morgan fingerprint density at radius 2 is 2.20 bits per heavy atom. The fourth-order valence-electron chi connectivity index (χ4n) is 2.75. The highest BCUT2D eigenvalue weighted by Gasteiger charge is 2.31. The van der Waals surface area contributed by atoms with Gasteiger partial charge >= 0.3 is 6.09 Å². The van der Waals surface area contributed by atoms with E-state index in [-0.39, 0.29) is 17.8 Å². The van der Waals surface area contributed by atoms with Crippen molar-refractivity contribution in [3.05, 3.63) is 30.4 Å². The first kappa shape index (κ1) is 19.9. The molecule has 0 bridgehead atoms. The molecule has 8 heteroatoms. The van der Waals surface area contributed by atoms with Crippen LogP contribution >= 0.6 is 22.6 Å². The Bertz CT molecular complexity index is 663. The number of hydrogen-bond acceptors (Lipinski definition) is 5. The van der Waals surface area contributed by atoms with Gasteiger partial charge in [0.1, 0.15) is 5.60 Å². The molecule has 2 heterocycles. The van der Waals surface area contributed by atoms with Gasteiger partial charge < -0.3 is 14.6 Å². The number of halogens is 2. The van der Waals surface area contributed by atoms with Crippen molar-refractivity contribution < 1.29 is 13.9 Å². The summed E-state index contributed by atoms with van der Waals surface area (Å²) in [5.41, 5.74) is 0.249. The minimum absolute atomic E-state index is 0.215. The van der Waals surface area contributed by atoms with E-state index in [1.54, 1.807) is 11.1 Å². The zero-order valence-corrected chi connectivity index (χ0v) is 16.9. The quantitative estimate of drug-likeness (QED) is 0.422. The molecule has 1 atom stereocenters. The predicted molar refractivity (Wildman–Crippen MR) is 105 cm³/mol. The van der Waals surface area contributed by atoms with Gasteiger partial charge in [0.25, 0.3) is 0 Å². The van der Waals surface area contributed by atoms with Gasteiger partial charge in [-0.05, 0) is 56.2 Å². The summed E-state index contributed by atoms with van der Waals surface area (Å²) >= 11 is 2.02. The minimum atomic E-state index is -0.560. The smallest absolute Gasteiger partial charge is 0.410 e. The highest BCUT2D eigenvalue weighted by atomic mass is 127. The monoisotopic (exact) mass is 462 g/mol. The topological polar surface area (TPSA) is 71.7 Å². The summed E-state index contributed by atoms with van der Waals surface area (Å²) < 4.78 is 20.4. The average molecular weight is 462 g/mol. The molecule has 0 aromatic carbocycles. The van der Waals surface area contributed by atoms with Gasteiger partial charge in [-0.15, -0.1) is 0 Å². The summed E-state index contributed by atoms with van der Waals surface area (Å²) in [6, 6.07) is -0.215. The third kappa shape index (κ3) is 5.04. The van der Waals surface area contributed by atoms with Crippen LogP contribution in [-0.4, -0.2) is 40.7 Å². The van der Waals surface area contributed by atoms with Crippen molar-refractivity contribution in [2.75, 3.05) is 18.1 Å². The molecular formula is C17H24FIN4O2. The van der Waals surface area contributed by atoms with E-state index < -0.39 is 11.4 Å². The molecular weight excluding hydrogens is 438 g/mol. The molecule has 138 valence electrons. The van der Waals surface area contributed by atoms with Gasteiger partial charge in [0.05, 0.1) is 17.9 Å². The number of anilines is 1. The number of hydrazine groups is 1. The Morgan fingerprint density at radius 3 is 2.80 bits per heavy atom. The van der Waals surface area contributed by atoms with Crippen LogP contribution in [0.25, 0.3) is 3.58 Å². The molecule has 1 aromatic heterocycles. The van der Waals surface area contributed by atoms with Crippen LogP contribution in [0, 0.1) is 5.82 Å². The minimum Gasteiger partial charge on any atom is -0.444 e. The van der Waals surface area contributed by atoms with Gasteiger partial charge in [-0.25, -0.2) is 15.0 Å². The van der Waals surface area contributed by atoms with Gasteiger partial charge in [0, 0.05) is 28.4 Å². The van der Waals surface area contributed by atoms with Crippen molar-refractivity contribution in [1.29, 1.82) is 0 Å². The third-order valence-electron chi connectivity index (χ3n) is 3.86. The number of likely N-dealkylation sites (tertiary alicyclic amines) is 1. The van der Waals surface area contributed by atoms with Crippen LogP contribution in [0.4, 0.5) is 14.9 Å². The third-order valence-corrected chi connectivity index (χ3v) is 4.45. The van der Waals surface area contributed by atoms with Crippen molar-refractivity contribution in [3.63, 3.8) is 0 Å². The van der Waals surface area contributed by atoms with Gasteiger partial charge in [0.15, 0.2) is 5.82 Å². The van der Waals surface area contributed by atoms with Crippen molar-refractivity contribution in [2.24, 2.45) is 5.84 Å². The maximum atomic E-state index is 14.4. The Morgan fingerprint density at radius 1 is 1.52 bits per heavy atom. The summed E-state index contributed by atoms with van der Waals surface area (Å²) in [7, 11) is 0. The molecule has 1 aromatic rings. The van der Waals surface area contributed by atoms with Crippen LogP contribution in [-0.2, 0) is 4.74 Å². The standard InChI is InChI=1S/C17H24FIN4O2/c1-11(19)13-8-21-9-14(18)15(13)23(20)12-6-5-7-22(10-12)16(24)25-17(2,3)4/h8-9,12H,1,5-7,10,20H2,2-4H3/t12-/m1/s1. The number of carbonyl (C=O) groups excluding carboxylic acids is 1. The molecule has 0 aliphatic carbocycles. The molecule has 0 radical (unpaired) electrons. The SMILES string of the molecule is C=C(I)c1cncc(F)c1N(N)[C@@H]1CCCN(C(=O)OC(C)(C)C)C1. The number of pyridine rings is 1. The fraction of sp³-hybridized carbons (Fsp3) is 0.529. The number of nitrogens with two attached hydrogens (primary N) is 1. The van der Waals surface area contributed by atoms with Gasteiger partial charge in [0.2, 0.25) is 0 Å². The molecule has 0 spiro atoms. The fourth-order valence-corrected chi connectivity index (χ4v) is 3.14. The summed E-state index contributed by atoms with van der Waals surface area (Å²) in [6.45, 7) is 10.3. The Hall–Kier alpha value is -1.42. The lowest BCUT2D eigenvalue weighted by atomic mass is 10.0. The number of aromatic nitrogens is 1. The molecule has 1 fully saturated rings. The summed E-state index contributed by atoms with van der Waals surface area (Å²) in [5.74, 6) is 5.73. The highest BCUT2D eigenvalue weighted by molar-refractivity contribution is 14.1. The predicted octanol–water partition coefficient (Wildman–Crippen LogP) is 3.71. The first-order chi connectivity index (χ1) is 11.6. The number of ether oxygens (including phenoxy) is 1. The van der Waals surface area contributed by atoms with Crippen LogP contribution < -0.4 is 10.9 Å². The van der Waals surface area contributed by atoms with Crippen LogP contribution in [0.1, 0.15) is 39.2 Å². The normalized spacial score (nSPS) is 18.0. The largest absolute Gasteiger partial charge is 0.444 e. The van der Waals surface area contributed by atoms with Crippen molar-refractivity contribution in [1.82, 2.24) is 9.88 Å². The van der Waals surface area contributed by atoms with Gasteiger partial charge in [-0.1, -0.05) is 6.58 Å². The van der Waals surface area contributed by atoms with Crippen molar-refractivity contribution in [2.45, 2.75) is 45.3 Å². The number of nitrogens with zero attached hydrogens (tertiary/aromatic N) is 3. The first-order valence-corrected chi connectivity index (χ1v) is 9.18. The summed E-state index contributed by atoms with van der Waals surface area (Å²) in [6.07, 6.45) is 3.82. The number of rotatable bonds is 3. The molecule has 25 heavy (non-hydrogen) atoms. The Labute approximate surface area is 161 Å². The number of carbonyl (C=O) groups is 1. The summed E-state index contributed by atoms with van der Waals surface area (Å²) in [5, 5.41) is 1.40. The molecule has 0 unspecified atom stereocenters. The van der Waals surface area contributed by atoms with Crippen molar-refractivity contribution >= 4 is 38.0 Å². The molecule has 2 rings (SSSR count). The summed E-state index contributed by atoms with van der Waals surface area (Å²) in [4.78, 5) is 17.8. The second kappa shape index (κ2) is 7.86. The van der Waals surface area contributed by atoms with E-state index in [1.165, 1.54) is 5.01 Å². The average Bonchev–Trinajstić information content (AvgIpc) is 2.52. The van der Waals surface area contributed by atoms with Gasteiger partial charge in [-0.3, -0.25) is 4.98 Å². The second-order valence-electron chi connectivity index (χ2n) is 7.05. The first-order valence-electron chi connectivity index (χ1n) is 8.10. The number of hydrogen-bond donors (Lipinski definition) is 1.